The Bertz CT molecular complexity index is 249. The minimum absolute atomic E-state index is 0.998. The van der Waals surface area contributed by atoms with E-state index in [-0.39, 0.29) is 0 Å². The highest BCUT2D eigenvalue weighted by Crippen LogP contribution is 2.00. The summed E-state index contributed by atoms with van der Waals surface area (Å²) in [5, 5.41) is 6.52. The highest BCUT2D eigenvalue weighted by molar-refractivity contribution is 5.23. The summed E-state index contributed by atoms with van der Waals surface area (Å²) in [5.41, 5.74) is 0.998. The summed E-state index contributed by atoms with van der Waals surface area (Å²) in [7, 11) is 0. The summed E-state index contributed by atoms with van der Waals surface area (Å²) in [6.45, 7) is 0. The molecule has 0 aromatic carbocycles. The monoisotopic (exact) mass is 134 g/mol. The maximum Gasteiger partial charge on any atom is 0.0992 e. The van der Waals surface area contributed by atoms with E-state index in [0.717, 1.165) is 5.69 Å². The molecule has 2 heterocycles. The largest absolute Gasteiger partial charge is 0.303 e. The molecule has 4 nitrogen and oxygen atoms in total. The van der Waals surface area contributed by atoms with Gasteiger partial charge in [-0.25, -0.2) is 4.98 Å². The summed E-state index contributed by atoms with van der Waals surface area (Å²) < 4.78 is 1.88. The van der Waals surface area contributed by atoms with Gasteiger partial charge >= 0.3 is 0 Å². The molecule has 0 atom stereocenters. The lowest BCUT2D eigenvalue weighted by atomic mass is 10.6. The third-order valence-electron chi connectivity index (χ3n) is 1.29. The number of hydrogen-bond donors (Lipinski definition) is 1. The standard InChI is InChI=1S/C6H6N4/c1-2-10(5-7-1)6-3-8-9-4-6/h1-5H,(H,8,9). The number of aromatic nitrogens is 4. The van der Waals surface area contributed by atoms with E-state index in [9.17, 15) is 0 Å². The first kappa shape index (κ1) is 5.22. The molecule has 0 amide bonds. The Morgan fingerprint density at radius 3 is 3.10 bits per heavy atom. The molecule has 2 aromatic rings. The Hall–Kier alpha value is -1.58. The molecule has 2 aromatic heterocycles. The fourth-order valence-corrected chi connectivity index (χ4v) is 0.797. The van der Waals surface area contributed by atoms with Gasteiger partial charge in [-0.3, -0.25) is 5.10 Å². The van der Waals surface area contributed by atoms with Crippen LogP contribution in [0.4, 0.5) is 0 Å². The molecular weight excluding hydrogens is 128 g/mol. The van der Waals surface area contributed by atoms with Crippen LogP contribution >= 0.6 is 0 Å². The zero-order chi connectivity index (χ0) is 6.81. The van der Waals surface area contributed by atoms with Crippen LogP contribution in [0.3, 0.4) is 0 Å². The molecule has 0 radical (unpaired) electrons. The molecule has 4 heteroatoms. The van der Waals surface area contributed by atoms with Crippen molar-refractivity contribution in [3.8, 4) is 5.69 Å². The molecule has 2 rings (SSSR count). The van der Waals surface area contributed by atoms with Gasteiger partial charge in [-0.15, -0.1) is 0 Å². The van der Waals surface area contributed by atoms with Crippen LogP contribution in [0.5, 0.6) is 0 Å². The van der Waals surface area contributed by atoms with Gasteiger partial charge in [0.2, 0.25) is 0 Å². The molecule has 10 heavy (non-hydrogen) atoms. The lowest BCUT2D eigenvalue weighted by Crippen LogP contribution is -1.84. The van der Waals surface area contributed by atoms with Gasteiger partial charge < -0.3 is 4.57 Å². The van der Waals surface area contributed by atoms with Gasteiger partial charge in [-0.2, -0.15) is 5.10 Å². The molecule has 0 saturated heterocycles. The van der Waals surface area contributed by atoms with Gasteiger partial charge in [-0.1, -0.05) is 0 Å². The van der Waals surface area contributed by atoms with Crippen molar-refractivity contribution in [2.75, 3.05) is 0 Å². The van der Waals surface area contributed by atoms with Crippen LogP contribution in [-0.4, -0.2) is 19.7 Å². The van der Waals surface area contributed by atoms with Crippen molar-refractivity contribution in [2.45, 2.75) is 0 Å². The Labute approximate surface area is 57.5 Å². The van der Waals surface area contributed by atoms with E-state index in [2.05, 4.69) is 15.2 Å². The lowest BCUT2D eigenvalue weighted by Gasteiger charge is -1.91. The second kappa shape index (κ2) is 1.98. The Morgan fingerprint density at radius 1 is 1.50 bits per heavy atom. The molecule has 0 aliphatic carbocycles. The minimum atomic E-state index is 0.998. The predicted octanol–water partition coefficient (Wildman–Crippen LogP) is 0.595. The first-order chi connectivity index (χ1) is 4.97. The summed E-state index contributed by atoms with van der Waals surface area (Å²) in [6, 6.07) is 0. The molecule has 0 unspecified atom stereocenters. The quantitative estimate of drug-likeness (QED) is 0.620. The van der Waals surface area contributed by atoms with Crippen molar-refractivity contribution >= 4 is 0 Å². The molecule has 0 aliphatic heterocycles. The van der Waals surface area contributed by atoms with Gasteiger partial charge in [0.1, 0.15) is 0 Å². The van der Waals surface area contributed by atoms with E-state index < -0.39 is 0 Å². The van der Waals surface area contributed by atoms with Crippen LogP contribution in [0.1, 0.15) is 0 Å². The van der Waals surface area contributed by atoms with E-state index in [1.54, 1.807) is 18.7 Å². The van der Waals surface area contributed by atoms with Crippen molar-refractivity contribution < 1.29 is 0 Å². The van der Waals surface area contributed by atoms with Gasteiger partial charge in [0.05, 0.1) is 18.2 Å². The van der Waals surface area contributed by atoms with Crippen molar-refractivity contribution in [1.82, 2.24) is 19.7 Å². The smallest absolute Gasteiger partial charge is 0.0992 e. The van der Waals surface area contributed by atoms with E-state index in [0.29, 0.717) is 0 Å². The highest BCUT2D eigenvalue weighted by atomic mass is 15.1. The third kappa shape index (κ3) is 0.699. The van der Waals surface area contributed by atoms with Crippen molar-refractivity contribution in [3.05, 3.63) is 31.1 Å². The molecular formula is C6H6N4. The Kier molecular flexibility index (Phi) is 1.04. The third-order valence-corrected chi connectivity index (χ3v) is 1.29. The Morgan fingerprint density at radius 2 is 2.50 bits per heavy atom. The van der Waals surface area contributed by atoms with Gasteiger partial charge in [0.15, 0.2) is 0 Å². The summed E-state index contributed by atoms with van der Waals surface area (Å²) in [4.78, 5) is 3.90. The minimum Gasteiger partial charge on any atom is -0.303 e. The normalized spacial score (nSPS) is 10.0. The molecule has 0 fully saturated rings. The first-order valence-corrected chi connectivity index (χ1v) is 2.94. The topological polar surface area (TPSA) is 46.5 Å². The maximum absolute atomic E-state index is 3.90. The van der Waals surface area contributed by atoms with E-state index in [1.165, 1.54) is 0 Å². The molecule has 0 bridgehead atoms. The zero-order valence-electron chi connectivity index (χ0n) is 5.23. The molecule has 0 aliphatic rings. The number of hydrogen-bond acceptors (Lipinski definition) is 2. The van der Waals surface area contributed by atoms with Crippen LogP contribution in [0.25, 0.3) is 5.69 Å². The van der Waals surface area contributed by atoms with E-state index >= 15 is 0 Å². The molecule has 50 valence electrons. The van der Waals surface area contributed by atoms with Crippen LogP contribution < -0.4 is 0 Å². The summed E-state index contributed by atoms with van der Waals surface area (Å²) >= 11 is 0. The van der Waals surface area contributed by atoms with Crippen molar-refractivity contribution in [1.29, 1.82) is 0 Å². The van der Waals surface area contributed by atoms with Crippen LogP contribution in [0, 0.1) is 0 Å². The van der Waals surface area contributed by atoms with Crippen molar-refractivity contribution in [2.24, 2.45) is 0 Å². The second-order valence-electron chi connectivity index (χ2n) is 1.93. The summed E-state index contributed by atoms with van der Waals surface area (Å²) in [6.07, 6.45) is 8.87. The maximum atomic E-state index is 3.90. The van der Waals surface area contributed by atoms with Gasteiger partial charge in [-0.05, 0) is 0 Å². The number of nitrogens with zero attached hydrogens (tertiary/aromatic N) is 3. The number of rotatable bonds is 1. The fraction of sp³-hybridized carbons (Fsp3) is 0. The first-order valence-electron chi connectivity index (χ1n) is 2.94. The van der Waals surface area contributed by atoms with Crippen molar-refractivity contribution in [3.63, 3.8) is 0 Å². The average molecular weight is 134 g/mol. The average Bonchev–Trinajstić information content (AvgIpc) is 2.59. The molecule has 1 N–H and O–H groups in total. The van der Waals surface area contributed by atoms with E-state index in [1.807, 2.05) is 17.0 Å². The van der Waals surface area contributed by atoms with Crippen LogP contribution in [-0.2, 0) is 0 Å². The highest BCUT2D eigenvalue weighted by Gasteiger charge is 1.92. The SMILES string of the molecule is c1cn(-c2cn[nH]c2)cn1. The number of imidazole rings is 1. The number of aromatic amines is 1. The second-order valence-corrected chi connectivity index (χ2v) is 1.93. The predicted molar refractivity (Wildman–Crippen MR) is 35.7 cm³/mol. The van der Waals surface area contributed by atoms with Gasteiger partial charge in [0, 0.05) is 18.6 Å². The number of nitrogens with one attached hydrogen (secondary N) is 1. The lowest BCUT2D eigenvalue weighted by molar-refractivity contribution is 1.06. The van der Waals surface area contributed by atoms with E-state index in [4.69, 9.17) is 0 Å². The molecule has 0 saturated carbocycles. The van der Waals surface area contributed by atoms with Gasteiger partial charge in [0.25, 0.3) is 0 Å². The number of H-pyrrole nitrogens is 1. The van der Waals surface area contributed by atoms with Crippen LogP contribution in [0.2, 0.25) is 0 Å². The Balaban J connectivity index is 2.48. The van der Waals surface area contributed by atoms with Crippen LogP contribution in [0.15, 0.2) is 31.1 Å². The summed E-state index contributed by atoms with van der Waals surface area (Å²) in [5.74, 6) is 0. The zero-order valence-corrected chi connectivity index (χ0v) is 5.23. The fourth-order valence-electron chi connectivity index (χ4n) is 0.797. The molecule has 0 spiro atoms.